The fourth-order valence-corrected chi connectivity index (χ4v) is 3.25. The molecule has 0 fully saturated rings. The largest absolute Gasteiger partial charge is 0.454 e. The number of oxime groups is 1. The van der Waals surface area contributed by atoms with Gasteiger partial charge in [-0.3, -0.25) is 0 Å². The first-order chi connectivity index (χ1) is 12.0. The molecular weight excluding hydrogens is 337 g/mol. The van der Waals surface area contributed by atoms with Gasteiger partial charge >= 0.3 is 0 Å². The summed E-state index contributed by atoms with van der Waals surface area (Å²) < 4.78 is 19.5. The predicted octanol–water partition coefficient (Wildman–Crippen LogP) is 5.88. The summed E-state index contributed by atoms with van der Waals surface area (Å²) in [6.45, 7) is 4.04. The lowest BCUT2D eigenvalue weighted by Gasteiger charge is -2.12. The van der Waals surface area contributed by atoms with Crippen molar-refractivity contribution in [2.24, 2.45) is 5.16 Å². The van der Waals surface area contributed by atoms with Crippen LogP contribution in [-0.2, 0) is 4.84 Å². The van der Waals surface area contributed by atoms with Crippen molar-refractivity contribution in [3.05, 3.63) is 66.0 Å². The van der Waals surface area contributed by atoms with Crippen LogP contribution >= 0.6 is 11.8 Å². The SMILES string of the molecule is CC1(C)CC(SCC=Cc2ccc(F)c(Oc3ccccc3)c2)=NO1. The lowest BCUT2D eigenvalue weighted by Crippen LogP contribution is -2.18. The van der Waals surface area contributed by atoms with Gasteiger partial charge in [-0.2, -0.15) is 0 Å². The average Bonchev–Trinajstić information content (AvgIpc) is 2.94. The van der Waals surface area contributed by atoms with Gasteiger partial charge in [-0.05, 0) is 43.7 Å². The lowest BCUT2D eigenvalue weighted by molar-refractivity contribution is 0.0123. The number of rotatable bonds is 5. The number of hydrogen-bond acceptors (Lipinski definition) is 4. The first-order valence-corrected chi connectivity index (χ1v) is 9.07. The molecule has 2 aromatic carbocycles. The number of benzene rings is 2. The highest BCUT2D eigenvalue weighted by atomic mass is 32.2. The minimum atomic E-state index is -0.380. The molecule has 0 radical (unpaired) electrons. The molecule has 0 atom stereocenters. The Bertz CT molecular complexity index is 788. The maximum Gasteiger partial charge on any atom is 0.165 e. The van der Waals surface area contributed by atoms with Gasteiger partial charge < -0.3 is 9.57 Å². The van der Waals surface area contributed by atoms with Crippen LogP contribution in [0.25, 0.3) is 6.08 Å². The van der Waals surface area contributed by atoms with E-state index in [1.807, 2.05) is 44.2 Å². The molecule has 1 aliphatic rings. The molecule has 0 unspecified atom stereocenters. The summed E-state index contributed by atoms with van der Waals surface area (Å²) >= 11 is 1.65. The van der Waals surface area contributed by atoms with E-state index in [1.165, 1.54) is 6.07 Å². The Morgan fingerprint density at radius 1 is 1.24 bits per heavy atom. The minimum Gasteiger partial charge on any atom is -0.454 e. The fourth-order valence-electron chi connectivity index (χ4n) is 2.33. The third-order valence-corrected chi connectivity index (χ3v) is 4.47. The molecule has 0 spiro atoms. The van der Waals surface area contributed by atoms with Crippen LogP contribution in [0.5, 0.6) is 11.5 Å². The molecule has 0 saturated heterocycles. The summed E-state index contributed by atoms with van der Waals surface area (Å²) in [7, 11) is 0. The van der Waals surface area contributed by atoms with Gasteiger partial charge in [-0.1, -0.05) is 41.6 Å². The van der Waals surface area contributed by atoms with Gasteiger partial charge in [0.25, 0.3) is 0 Å². The molecule has 5 heteroatoms. The highest BCUT2D eigenvalue weighted by Crippen LogP contribution is 2.28. The van der Waals surface area contributed by atoms with E-state index in [-0.39, 0.29) is 17.2 Å². The molecule has 1 heterocycles. The van der Waals surface area contributed by atoms with Crippen molar-refractivity contribution in [2.45, 2.75) is 25.9 Å². The van der Waals surface area contributed by atoms with Crippen molar-refractivity contribution in [1.82, 2.24) is 0 Å². The van der Waals surface area contributed by atoms with E-state index in [2.05, 4.69) is 5.16 Å². The summed E-state index contributed by atoms with van der Waals surface area (Å²) in [6.07, 6.45) is 4.81. The summed E-state index contributed by atoms with van der Waals surface area (Å²) in [6, 6.07) is 14.0. The minimum absolute atomic E-state index is 0.202. The average molecular weight is 357 g/mol. The lowest BCUT2D eigenvalue weighted by atomic mass is 10.1. The van der Waals surface area contributed by atoms with Crippen molar-refractivity contribution in [1.29, 1.82) is 0 Å². The predicted molar refractivity (Wildman–Crippen MR) is 102 cm³/mol. The molecule has 25 heavy (non-hydrogen) atoms. The van der Waals surface area contributed by atoms with Crippen LogP contribution in [-0.4, -0.2) is 16.4 Å². The third-order valence-electron chi connectivity index (χ3n) is 3.55. The summed E-state index contributed by atoms with van der Waals surface area (Å²) in [4.78, 5) is 5.34. The second-order valence-electron chi connectivity index (χ2n) is 6.33. The van der Waals surface area contributed by atoms with E-state index in [9.17, 15) is 4.39 Å². The Labute approximate surface area is 151 Å². The Morgan fingerprint density at radius 3 is 2.76 bits per heavy atom. The Hall–Kier alpha value is -2.27. The van der Waals surface area contributed by atoms with Gasteiger partial charge in [-0.25, -0.2) is 4.39 Å². The highest BCUT2D eigenvalue weighted by molar-refractivity contribution is 8.14. The first-order valence-electron chi connectivity index (χ1n) is 8.09. The van der Waals surface area contributed by atoms with Gasteiger partial charge in [0.1, 0.15) is 16.4 Å². The number of halogens is 1. The molecule has 0 amide bonds. The second kappa shape index (κ2) is 7.74. The molecule has 0 aromatic heterocycles. The topological polar surface area (TPSA) is 30.8 Å². The zero-order valence-electron chi connectivity index (χ0n) is 14.2. The van der Waals surface area contributed by atoms with Crippen LogP contribution in [0.4, 0.5) is 4.39 Å². The molecule has 0 bridgehead atoms. The van der Waals surface area contributed by atoms with E-state index < -0.39 is 0 Å². The van der Waals surface area contributed by atoms with Crippen LogP contribution in [0.3, 0.4) is 0 Å². The molecular formula is C20H20FNO2S. The molecule has 0 saturated carbocycles. The van der Waals surface area contributed by atoms with Crippen LogP contribution in [0, 0.1) is 5.82 Å². The Kier molecular flexibility index (Phi) is 5.43. The zero-order chi connectivity index (χ0) is 17.7. The first kappa shape index (κ1) is 17.5. The number of hydrogen-bond donors (Lipinski definition) is 0. The van der Waals surface area contributed by atoms with Gasteiger partial charge in [0.2, 0.25) is 0 Å². The Balaban J connectivity index is 1.58. The van der Waals surface area contributed by atoms with E-state index in [4.69, 9.17) is 9.57 Å². The van der Waals surface area contributed by atoms with Gasteiger partial charge in [-0.15, -0.1) is 11.8 Å². The van der Waals surface area contributed by atoms with Gasteiger partial charge in [0.15, 0.2) is 11.6 Å². The summed E-state index contributed by atoms with van der Waals surface area (Å²) in [5.74, 6) is 1.23. The molecule has 3 nitrogen and oxygen atoms in total. The van der Waals surface area contributed by atoms with Crippen LogP contribution < -0.4 is 4.74 Å². The number of para-hydroxylation sites is 1. The quantitative estimate of drug-likeness (QED) is 0.670. The zero-order valence-corrected chi connectivity index (χ0v) is 15.1. The number of ether oxygens (including phenoxy) is 1. The van der Waals surface area contributed by atoms with E-state index >= 15 is 0 Å². The standard InChI is InChI=1S/C20H20FNO2S/c1-20(2)14-19(22-24-20)25-12-6-7-15-10-11-17(21)18(13-15)23-16-8-4-3-5-9-16/h3-11,13H,12,14H2,1-2H3. The van der Waals surface area contributed by atoms with Gasteiger partial charge in [0, 0.05) is 12.2 Å². The molecule has 0 N–H and O–H groups in total. The van der Waals surface area contributed by atoms with Crippen LogP contribution in [0.15, 0.2) is 59.8 Å². The highest BCUT2D eigenvalue weighted by Gasteiger charge is 2.28. The monoisotopic (exact) mass is 357 g/mol. The van der Waals surface area contributed by atoms with Crippen molar-refractivity contribution in [3.63, 3.8) is 0 Å². The Morgan fingerprint density at radius 2 is 2.04 bits per heavy atom. The maximum atomic E-state index is 13.9. The van der Waals surface area contributed by atoms with E-state index in [1.54, 1.807) is 36.0 Å². The smallest absolute Gasteiger partial charge is 0.165 e. The van der Waals surface area contributed by atoms with Crippen LogP contribution in [0.2, 0.25) is 0 Å². The number of nitrogens with zero attached hydrogens (tertiary/aromatic N) is 1. The molecule has 3 rings (SSSR count). The number of thioether (sulfide) groups is 1. The molecule has 130 valence electrons. The molecule has 0 aliphatic carbocycles. The second-order valence-corrected chi connectivity index (χ2v) is 7.42. The maximum absolute atomic E-state index is 13.9. The normalized spacial score (nSPS) is 15.9. The van der Waals surface area contributed by atoms with E-state index in [0.717, 1.165) is 22.8 Å². The molecule has 2 aromatic rings. The fraction of sp³-hybridized carbons (Fsp3) is 0.250. The van der Waals surface area contributed by atoms with E-state index in [0.29, 0.717) is 5.75 Å². The van der Waals surface area contributed by atoms with Crippen molar-refractivity contribution in [2.75, 3.05) is 5.75 Å². The van der Waals surface area contributed by atoms with Crippen molar-refractivity contribution < 1.29 is 14.0 Å². The summed E-state index contributed by atoms with van der Waals surface area (Å²) in [5, 5.41) is 5.08. The summed E-state index contributed by atoms with van der Waals surface area (Å²) in [5.41, 5.74) is 0.685. The third kappa shape index (κ3) is 5.10. The van der Waals surface area contributed by atoms with Crippen molar-refractivity contribution in [3.8, 4) is 11.5 Å². The molecule has 1 aliphatic heterocycles. The van der Waals surface area contributed by atoms with Crippen LogP contribution in [0.1, 0.15) is 25.8 Å². The van der Waals surface area contributed by atoms with Gasteiger partial charge in [0.05, 0.1) is 0 Å². The van der Waals surface area contributed by atoms with Crippen molar-refractivity contribution >= 4 is 22.9 Å².